The molecule has 0 saturated carbocycles. The van der Waals surface area contributed by atoms with Gasteiger partial charge in [0.2, 0.25) is 15.9 Å². The van der Waals surface area contributed by atoms with Gasteiger partial charge in [-0.15, -0.1) is 0 Å². The number of amides is 1. The van der Waals surface area contributed by atoms with Crippen molar-refractivity contribution >= 4 is 27.6 Å². The number of sulfonamides is 1. The Balaban J connectivity index is 1.68. The quantitative estimate of drug-likeness (QED) is 0.465. The van der Waals surface area contributed by atoms with E-state index in [4.69, 9.17) is 14.2 Å². The molecule has 0 aromatic heterocycles. The Bertz CT molecular complexity index is 1040. The van der Waals surface area contributed by atoms with Crippen molar-refractivity contribution in [3.05, 3.63) is 60.2 Å². The van der Waals surface area contributed by atoms with Crippen molar-refractivity contribution in [1.82, 2.24) is 4.72 Å². The van der Waals surface area contributed by atoms with E-state index in [0.717, 1.165) is 18.4 Å². The van der Waals surface area contributed by atoms with Crippen molar-refractivity contribution in [2.75, 3.05) is 25.1 Å². The van der Waals surface area contributed by atoms with Gasteiger partial charge in [0.15, 0.2) is 6.29 Å². The van der Waals surface area contributed by atoms with E-state index in [-0.39, 0.29) is 23.9 Å². The summed E-state index contributed by atoms with van der Waals surface area (Å²) < 4.78 is 44.3. The minimum absolute atomic E-state index is 0.0463. The number of rotatable bonds is 11. The molecule has 34 heavy (non-hydrogen) atoms. The molecule has 1 amide bonds. The fraction of sp³-hybridized carbons (Fsp3) is 0.417. The van der Waals surface area contributed by atoms with Gasteiger partial charge in [0, 0.05) is 12.3 Å². The second-order valence-corrected chi connectivity index (χ2v) is 9.50. The fourth-order valence-electron chi connectivity index (χ4n) is 3.38. The predicted molar refractivity (Wildman–Crippen MR) is 126 cm³/mol. The van der Waals surface area contributed by atoms with Gasteiger partial charge in [-0.3, -0.25) is 9.59 Å². The summed E-state index contributed by atoms with van der Waals surface area (Å²) >= 11 is 0. The maximum Gasteiger partial charge on any atom is 0.310 e. The zero-order valence-electron chi connectivity index (χ0n) is 19.1. The summed E-state index contributed by atoms with van der Waals surface area (Å²) in [5.74, 6) is -0.912. The highest BCUT2D eigenvalue weighted by Crippen LogP contribution is 2.16. The molecule has 1 saturated heterocycles. The van der Waals surface area contributed by atoms with E-state index in [1.54, 1.807) is 49.4 Å². The van der Waals surface area contributed by atoms with Gasteiger partial charge in [0.25, 0.3) is 0 Å². The Morgan fingerprint density at radius 1 is 1.09 bits per heavy atom. The maximum atomic E-state index is 13.0. The van der Waals surface area contributed by atoms with Crippen LogP contribution >= 0.6 is 0 Å². The molecule has 0 radical (unpaired) electrons. The van der Waals surface area contributed by atoms with Crippen molar-refractivity contribution in [3.8, 4) is 0 Å². The first-order valence-electron chi connectivity index (χ1n) is 11.2. The maximum absolute atomic E-state index is 13.0. The number of benzene rings is 2. The summed E-state index contributed by atoms with van der Waals surface area (Å²) in [6.45, 7) is 2.42. The van der Waals surface area contributed by atoms with Crippen molar-refractivity contribution in [3.63, 3.8) is 0 Å². The van der Waals surface area contributed by atoms with Crippen LogP contribution in [0.2, 0.25) is 0 Å². The fourth-order valence-corrected chi connectivity index (χ4v) is 4.58. The molecule has 1 aliphatic rings. The van der Waals surface area contributed by atoms with E-state index in [1.165, 1.54) is 12.1 Å². The van der Waals surface area contributed by atoms with Crippen LogP contribution in [-0.2, 0) is 40.2 Å². The first-order chi connectivity index (χ1) is 16.4. The van der Waals surface area contributed by atoms with E-state index >= 15 is 0 Å². The third-order valence-corrected chi connectivity index (χ3v) is 6.62. The van der Waals surface area contributed by atoms with Crippen molar-refractivity contribution in [2.45, 2.75) is 49.8 Å². The van der Waals surface area contributed by atoms with Crippen LogP contribution in [0.25, 0.3) is 0 Å². The van der Waals surface area contributed by atoms with Crippen molar-refractivity contribution < 1.29 is 32.2 Å². The van der Waals surface area contributed by atoms with Crippen LogP contribution in [0.4, 0.5) is 5.69 Å². The molecule has 184 valence electrons. The summed E-state index contributed by atoms with van der Waals surface area (Å²) in [6, 6.07) is 13.3. The van der Waals surface area contributed by atoms with Gasteiger partial charge in [0.05, 0.1) is 24.5 Å². The Labute approximate surface area is 199 Å². The molecule has 0 bridgehead atoms. The van der Waals surface area contributed by atoms with E-state index in [1.807, 2.05) is 0 Å². The smallest absolute Gasteiger partial charge is 0.310 e. The third kappa shape index (κ3) is 7.91. The Morgan fingerprint density at radius 2 is 1.82 bits per heavy atom. The van der Waals surface area contributed by atoms with Gasteiger partial charge in [-0.05, 0) is 56.0 Å². The molecule has 1 unspecified atom stereocenters. The molecule has 9 nitrogen and oxygen atoms in total. The molecular weight excluding hydrogens is 460 g/mol. The summed E-state index contributed by atoms with van der Waals surface area (Å²) in [6.07, 6.45) is 2.21. The Kier molecular flexibility index (Phi) is 9.58. The summed E-state index contributed by atoms with van der Waals surface area (Å²) in [4.78, 5) is 24.7. The molecule has 1 heterocycles. The van der Waals surface area contributed by atoms with Crippen LogP contribution in [0.3, 0.4) is 0 Å². The minimum Gasteiger partial charge on any atom is -0.466 e. The number of ether oxygens (including phenoxy) is 3. The molecule has 2 aromatic rings. The zero-order chi connectivity index (χ0) is 24.4. The number of nitrogens with one attached hydrogen (secondary N) is 2. The van der Waals surface area contributed by atoms with E-state index in [9.17, 15) is 18.0 Å². The van der Waals surface area contributed by atoms with Crippen LogP contribution in [0.5, 0.6) is 0 Å². The monoisotopic (exact) mass is 490 g/mol. The topological polar surface area (TPSA) is 120 Å². The van der Waals surface area contributed by atoms with Gasteiger partial charge in [-0.1, -0.05) is 30.3 Å². The highest BCUT2D eigenvalue weighted by atomic mass is 32.2. The largest absolute Gasteiger partial charge is 0.466 e. The number of hydrogen-bond donors (Lipinski definition) is 2. The number of carbonyl (C=O) groups is 2. The van der Waals surface area contributed by atoms with Crippen molar-refractivity contribution in [2.24, 2.45) is 0 Å². The normalized spacial score (nSPS) is 17.0. The zero-order valence-corrected chi connectivity index (χ0v) is 19.9. The second kappa shape index (κ2) is 12.6. The SMILES string of the molecule is CCOC(=O)Cc1ccc(NC(=O)[C@H](COC2CCCCO2)NS(=O)(=O)c2ccccc2)cc1. The minimum atomic E-state index is -3.96. The van der Waals surface area contributed by atoms with Crippen LogP contribution in [-0.4, -0.2) is 52.4 Å². The highest BCUT2D eigenvalue weighted by Gasteiger charge is 2.28. The lowest BCUT2D eigenvalue weighted by molar-refractivity contribution is -0.166. The lowest BCUT2D eigenvalue weighted by atomic mass is 10.1. The molecule has 2 atom stereocenters. The summed E-state index contributed by atoms with van der Waals surface area (Å²) in [7, 11) is -3.96. The molecule has 0 aliphatic carbocycles. The molecule has 2 aromatic carbocycles. The lowest BCUT2D eigenvalue weighted by Crippen LogP contribution is -2.47. The van der Waals surface area contributed by atoms with Crippen LogP contribution in [0.1, 0.15) is 31.7 Å². The van der Waals surface area contributed by atoms with Gasteiger partial charge in [-0.2, -0.15) is 4.72 Å². The molecule has 10 heteroatoms. The van der Waals surface area contributed by atoms with Crippen LogP contribution in [0, 0.1) is 0 Å². The first-order valence-corrected chi connectivity index (χ1v) is 12.7. The molecule has 1 aliphatic heterocycles. The third-order valence-electron chi connectivity index (χ3n) is 5.13. The number of esters is 1. The lowest BCUT2D eigenvalue weighted by Gasteiger charge is -2.25. The Hall–Kier alpha value is -2.79. The average molecular weight is 491 g/mol. The average Bonchev–Trinajstić information content (AvgIpc) is 2.84. The molecule has 3 rings (SSSR count). The van der Waals surface area contributed by atoms with Gasteiger partial charge in [-0.25, -0.2) is 8.42 Å². The summed E-state index contributed by atoms with van der Waals surface area (Å²) in [5, 5.41) is 2.71. The number of anilines is 1. The van der Waals surface area contributed by atoms with E-state index in [0.29, 0.717) is 25.3 Å². The van der Waals surface area contributed by atoms with E-state index < -0.39 is 28.3 Å². The van der Waals surface area contributed by atoms with Gasteiger partial charge < -0.3 is 19.5 Å². The van der Waals surface area contributed by atoms with Gasteiger partial charge in [0.1, 0.15) is 6.04 Å². The molecule has 0 spiro atoms. The van der Waals surface area contributed by atoms with Crippen LogP contribution in [0.15, 0.2) is 59.5 Å². The van der Waals surface area contributed by atoms with E-state index in [2.05, 4.69) is 10.0 Å². The summed E-state index contributed by atoms with van der Waals surface area (Å²) in [5.41, 5.74) is 1.19. The predicted octanol–water partition coefficient (Wildman–Crippen LogP) is 2.62. The standard InChI is InChI=1S/C24H30N2O7S/c1-2-31-22(27)16-18-11-13-19(14-12-18)25-24(28)21(17-33-23-10-6-7-15-32-23)26-34(29,30)20-8-4-3-5-9-20/h3-5,8-9,11-14,21,23,26H,2,6-7,10,15-17H2,1H3,(H,25,28)/t21-,23?/m0/s1. The first kappa shape index (κ1) is 25.8. The number of carbonyl (C=O) groups excluding carboxylic acids is 2. The van der Waals surface area contributed by atoms with Crippen molar-refractivity contribution in [1.29, 1.82) is 0 Å². The molecule has 1 fully saturated rings. The Morgan fingerprint density at radius 3 is 2.47 bits per heavy atom. The van der Waals surface area contributed by atoms with Gasteiger partial charge >= 0.3 is 5.97 Å². The second-order valence-electron chi connectivity index (χ2n) is 7.78. The molecular formula is C24H30N2O7S. The number of hydrogen-bond acceptors (Lipinski definition) is 7. The highest BCUT2D eigenvalue weighted by molar-refractivity contribution is 7.89. The van der Waals surface area contributed by atoms with Crippen LogP contribution < -0.4 is 10.0 Å². The molecule has 2 N–H and O–H groups in total.